The van der Waals surface area contributed by atoms with Crippen molar-refractivity contribution in [3.05, 3.63) is 29.3 Å². The fraction of sp³-hybridized carbons (Fsp3) is 0.533. The second kappa shape index (κ2) is 9.55. The monoisotopic (exact) mass is 381 g/mol. The number of halogens is 3. The van der Waals surface area contributed by atoms with E-state index in [0.717, 1.165) is 43.4 Å². The van der Waals surface area contributed by atoms with E-state index in [-0.39, 0.29) is 36.8 Å². The molecule has 8 heteroatoms. The van der Waals surface area contributed by atoms with Crippen molar-refractivity contribution < 1.29 is 9.53 Å². The Morgan fingerprint density at radius 3 is 2.35 bits per heavy atom. The number of anilines is 1. The van der Waals surface area contributed by atoms with Gasteiger partial charge in [0.05, 0.1) is 6.61 Å². The molecule has 1 amide bonds. The Labute approximate surface area is 154 Å². The molecule has 0 aromatic heterocycles. The number of carbonyl (C=O) groups excluding carboxylic acids is 1. The van der Waals surface area contributed by atoms with Crippen molar-refractivity contribution in [2.75, 3.05) is 50.8 Å². The highest BCUT2D eigenvalue weighted by Gasteiger charge is 2.29. The van der Waals surface area contributed by atoms with E-state index in [1.165, 1.54) is 0 Å². The Kier molecular flexibility index (Phi) is 8.44. The summed E-state index contributed by atoms with van der Waals surface area (Å²) in [6.07, 6.45) is -0.319. The number of nitrogens with zero attached hydrogens (tertiary/aromatic N) is 2. The number of amides is 1. The molecule has 130 valence electrons. The first kappa shape index (κ1) is 20.3. The van der Waals surface area contributed by atoms with Gasteiger partial charge in [0.2, 0.25) is 0 Å². The molecule has 1 aromatic carbocycles. The van der Waals surface area contributed by atoms with E-state index in [4.69, 9.17) is 16.3 Å². The molecule has 5 nitrogen and oxygen atoms in total. The van der Waals surface area contributed by atoms with E-state index in [0.29, 0.717) is 13.2 Å². The highest BCUT2D eigenvalue weighted by atomic mass is 35.5. The molecule has 1 N–H and O–H groups in total. The summed E-state index contributed by atoms with van der Waals surface area (Å²) >= 11 is 5.91. The maximum absolute atomic E-state index is 12.4. The lowest BCUT2D eigenvalue weighted by atomic mass is 10.2. The van der Waals surface area contributed by atoms with E-state index in [9.17, 15) is 4.79 Å². The fourth-order valence-electron chi connectivity index (χ4n) is 2.76. The molecule has 1 unspecified atom stereocenters. The SMILES string of the molecule is Cl.Cl.O=C(C1CNCCO1)N1CCN(c2ccc(Cl)cc2)CC1. The molecule has 2 saturated heterocycles. The molecule has 1 aromatic rings. The molecule has 2 heterocycles. The Morgan fingerprint density at radius 1 is 1.13 bits per heavy atom. The number of morpholine rings is 1. The van der Waals surface area contributed by atoms with Gasteiger partial charge in [-0.1, -0.05) is 11.6 Å². The number of ether oxygens (including phenoxy) is 1. The van der Waals surface area contributed by atoms with Gasteiger partial charge in [0.15, 0.2) is 0 Å². The van der Waals surface area contributed by atoms with E-state index in [1.807, 2.05) is 29.2 Å². The van der Waals surface area contributed by atoms with Crippen molar-refractivity contribution in [1.82, 2.24) is 10.2 Å². The summed E-state index contributed by atoms with van der Waals surface area (Å²) < 4.78 is 5.54. The van der Waals surface area contributed by atoms with Gasteiger partial charge in [-0.15, -0.1) is 24.8 Å². The summed E-state index contributed by atoms with van der Waals surface area (Å²) in [5.41, 5.74) is 1.15. The van der Waals surface area contributed by atoms with Crippen LogP contribution in [-0.2, 0) is 9.53 Å². The summed E-state index contributed by atoms with van der Waals surface area (Å²) in [4.78, 5) is 16.6. The van der Waals surface area contributed by atoms with Crippen LogP contribution in [0.15, 0.2) is 24.3 Å². The molecular formula is C15H22Cl3N3O2. The van der Waals surface area contributed by atoms with Crippen LogP contribution in [0.5, 0.6) is 0 Å². The van der Waals surface area contributed by atoms with Gasteiger partial charge in [0, 0.05) is 50.0 Å². The summed E-state index contributed by atoms with van der Waals surface area (Å²) in [5.74, 6) is 0.109. The molecular weight excluding hydrogens is 361 g/mol. The van der Waals surface area contributed by atoms with Gasteiger partial charge in [0.1, 0.15) is 6.10 Å². The Hall–Kier alpha value is -0.720. The smallest absolute Gasteiger partial charge is 0.253 e. The molecule has 0 spiro atoms. The summed E-state index contributed by atoms with van der Waals surface area (Å²) in [7, 11) is 0. The third-order valence-electron chi connectivity index (χ3n) is 3.99. The van der Waals surface area contributed by atoms with Crippen molar-refractivity contribution >= 4 is 48.0 Å². The van der Waals surface area contributed by atoms with Gasteiger partial charge < -0.3 is 19.9 Å². The molecule has 2 aliphatic rings. The lowest BCUT2D eigenvalue weighted by molar-refractivity contribution is -0.145. The van der Waals surface area contributed by atoms with Crippen LogP contribution < -0.4 is 10.2 Å². The van der Waals surface area contributed by atoms with Crippen molar-refractivity contribution in [3.8, 4) is 0 Å². The van der Waals surface area contributed by atoms with Crippen molar-refractivity contribution in [3.63, 3.8) is 0 Å². The van der Waals surface area contributed by atoms with Gasteiger partial charge in [-0.25, -0.2) is 0 Å². The topological polar surface area (TPSA) is 44.8 Å². The first-order valence-corrected chi connectivity index (χ1v) is 7.73. The van der Waals surface area contributed by atoms with Crippen molar-refractivity contribution in [2.45, 2.75) is 6.10 Å². The van der Waals surface area contributed by atoms with Gasteiger partial charge in [-0.3, -0.25) is 4.79 Å². The molecule has 2 aliphatic heterocycles. The minimum absolute atomic E-state index is 0. The Bertz CT molecular complexity index is 487. The van der Waals surface area contributed by atoms with Gasteiger partial charge in [0.25, 0.3) is 5.91 Å². The average Bonchev–Trinajstić information content (AvgIpc) is 2.56. The van der Waals surface area contributed by atoms with Crippen LogP contribution in [0.3, 0.4) is 0 Å². The van der Waals surface area contributed by atoms with Gasteiger partial charge in [-0.05, 0) is 24.3 Å². The molecule has 0 bridgehead atoms. The maximum Gasteiger partial charge on any atom is 0.253 e. The largest absolute Gasteiger partial charge is 0.368 e. The second-order valence-corrected chi connectivity index (χ2v) is 5.79. The number of hydrogen-bond acceptors (Lipinski definition) is 4. The van der Waals surface area contributed by atoms with Crippen molar-refractivity contribution in [1.29, 1.82) is 0 Å². The lowest BCUT2D eigenvalue weighted by Crippen LogP contribution is -2.55. The highest BCUT2D eigenvalue weighted by Crippen LogP contribution is 2.19. The van der Waals surface area contributed by atoms with E-state index in [1.54, 1.807) is 0 Å². The maximum atomic E-state index is 12.4. The standard InChI is InChI=1S/C15H20ClN3O2.2ClH/c16-12-1-3-13(4-2-12)18-6-8-19(9-7-18)15(20)14-11-17-5-10-21-14;;/h1-4,14,17H,5-11H2;2*1H. The van der Waals surface area contributed by atoms with Crippen LogP contribution in [-0.4, -0.2) is 62.8 Å². The first-order chi connectivity index (χ1) is 10.2. The molecule has 2 fully saturated rings. The lowest BCUT2D eigenvalue weighted by Gasteiger charge is -2.38. The predicted octanol–water partition coefficient (Wildman–Crippen LogP) is 1.82. The minimum Gasteiger partial charge on any atom is -0.368 e. The van der Waals surface area contributed by atoms with E-state index >= 15 is 0 Å². The number of nitrogens with one attached hydrogen (secondary N) is 1. The van der Waals surface area contributed by atoms with Crippen LogP contribution in [0.25, 0.3) is 0 Å². The normalized spacial score (nSPS) is 21.2. The third-order valence-corrected chi connectivity index (χ3v) is 4.24. The molecule has 0 aliphatic carbocycles. The predicted molar refractivity (Wildman–Crippen MR) is 97.4 cm³/mol. The summed E-state index contributed by atoms with van der Waals surface area (Å²) in [6.45, 7) is 5.22. The average molecular weight is 383 g/mol. The number of benzene rings is 1. The van der Waals surface area contributed by atoms with Crippen LogP contribution in [0.2, 0.25) is 5.02 Å². The van der Waals surface area contributed by atoms with Crippen molar-refractivity contribution in [2.24, 2.45) is 0 Å². The molecule has 0 radical (unpaired) electrons. The van der Waals surface area contributed by atoms with E-state index < -0.39 is 0 Å². The second-order valence-electron chi connectivity index (χ2n) is 5.35. The molecule has 23 heavy (non-hydrogen) atoms. The van der Waals surface area contributed by atoms with Crippen LogP contribution in [0.1, 0.15) is 0 Å². The third kappa shape index (κ3) is 5.13. The zero-order valence-corrected chi connectivity index (χ0v) is 15.1. The summed E-state index contributed by atoms with van der Waals surface area (Å²) in [5, 5.41) is 3.94. The van der Waals surface area contributed by atoms with E-state index in [2.05, 4.69) is 10.2 Å². The Balaban J connectivity index is 0.00000132. The number of piperazine rings is 1. The van der Waals surface area contributed by atoms with Gasteiger partial charge in [-0.2, -0.15) is 0 Å². The number of carbonyl (C=O) groups is 1. The quantitative estimate of drug-likeness (QED) is 0.847. The van der Waals surface area contributed by atoms with Crippen LogP contribution in [0, 0.1) is 0 Å². The first-order valence-electron chi connectivity index (χ1n) is 7.36. The van der Waals surface area contributed by atoms with Crippen LogP contribution in [0.4, 0.5) is 5.69 Å². The Morgan fingerprint density at radius 2 is 1.78 bits per heavy atom. The molecule has 0 saturated carbocycles. The summed E-state index contributed by atoms with van der Waals surface area (Å²) in [6, 6.07) is 7.84. The zero-order valence-electron chi connectivity index (χ0n) is 12.7. The van der Waals surface area contributed by atoms with Crippen LogP contribution >= 0.6 is 36.4 Å². The minimum atomic E-state index is -0.319. The number of rotatable bonds is 2. The molecule has 3 rings (SSSR count). The fourth-order valence-corrected chi connectivity index (χ4v) is 2.89. The molecule has 1 atom stereocenters. The van der Waals surface area contributed by atoms with Gasteiger partial charge >= 0.3 is 0 Å². The number of hydrogen-bond donors (Lipinski definition) is 1. The highest BCUT2D eigenvalue weighted by molar-refractivity contribution is 6.30. The zero-order chi connectivity index (χ0) is 14.7.